The molecular weight excluding hydrogens is 122 g/mol. The van der Waals surface area contributed by atoms with Crippen LogP contribution in [0.4, 0.5) is 8.78 Å². The molecule has 0 aliphatic carbocycles. The van der Waals surface area contributed by atoms with Gasteiger partial charge in [0.2, 0.25) is 0 Å². The summed E-state index contributed by atoms with van der Waals surface area (Å²) in [6.07, 6.45) is -0.743. The lowest BCUT2D eigenvalue weighted by Gasteiger charge is -2.05. The third-order valence-electron chi connectivity index (χ3n) is 1.65. The highest BCUT2D eigenvalue weighted by atomic mass is 19.3. The van der Waals surface area contributed by atoms with Crippen LogP contribution in [0.2, 0.25) is 0 Å². The molecule has 0 aromatic heterocycles. The first-order valence-corrected chi connectivity index (χ1v) is 3.11. The van der Waals surface area contributed by atoms with Crippen molar-refractivity contribution in [3.8, 4) is 0 Å². The smallest absolute Gasteiger partial charge is 0.173 e. The first-order valence-electron chi connectivity index (χ1n) is 3.11. The van der Waals surface area contributed by atoms with Crippen LogP contribution in [-0.4, -0.2) is 0 Å². The van der Waals surface area contributed by atoms with Gasteiger partial charge in [0.1, 0.15) is 0 Å². The molecule has 0 aromatic rings. The van der Waals surface area contributed by atoms with Gasteiger partial charge in [-0.05, 0) is 24.8 Å². The summed E-state index contributed by atoms with van der Waals surface area (Å²) in [5, 5.41) is 0. The molecule has 0 spiro atoms. The molecule has 0 amide bonds. The maximum absolute atomic E-state index is 11.7. The van der Waals surface area contributed by atoms with Gasteiger partial charge in [-0.15, -0.1) is 0 Å². The molecule has 0 saturated heterocycles. The van der Waals surface area contributed by atoms with Crippen LogP contribution in [0.3, 0.4) is 0 Å². The van der Waals surface area contributed by atoms with E-state index in [2.05, 4.69) is 0 Å². The maximum atomic E-state index is 11.7. The number of rotatable bonds is 2. The van der Waals surface area contributed by atoms with Crippen molar-refractivity contribution in [2.24, 2.45) is 5.92 Å². The minimum atomic E-state index is -1.52. The van der Waals surface area contributed by atoms with Crippen molar-refractivity contribution >= 4 is 0 Å². The van der Waals surface area contributed by atoms with E-state index >= 15 is 0 Å². The Balaban J connectivity index is 4.02. The highest BCUT2D eigenvalue weighted by molar-refractivity contribution is 5.01. The minimum absolute atomic E-state index is 0.0231. The van der Waals surface area contributed by atoms with Crippen molar-refractivity contribution < 1.29 is 8.78 Å². The fourth-order valence-electron chi connectivity index (χ4n) is 0.492. The molecule has 0 nitrogen and oxygen atoms in total. The first kappa shape index (κ1) is 8.60. The Bertz CT molecular complexity index is 112. The quantitative estimate of drug-likeness (QED) is 0.544. The maximum Gasteiger partial charge on any atom is 0.269 e. The van der Waals surface area contributed by atoms with Crippen molar-refractivity contribution in [1.29, 1.82) is 0 Å². The van der Waals surface area contributed by atoms with E-state index in [0.29, 0.717) is 0 Å². The zero-order valence-corrected chi connectivity index (χ0v) is 6.04. The van der Waals surface area contributed by atoms with Crippen molar-refractivity contribution in [3.05, 3.63) is 11.7 Å². The number of hydrogen-bond acceptors (Lipinski definition) is 0. The normalized spacial score (nSPS) is 13.0. The fourth-order valence-corrected chi connectivity index (χ4v) is 0.492. The summed E-state index contributed by atoms with van der Waals surface area (Å²) in [6, 6.07) is 0. The number of allylic oxidation sites excluding steroid dienone is 1. The molecule has 0 bridgehead atoms. The second-order valence-electron chi connectivity index (χ2n) is 2.25. The lowest BCUT2D eigenvalue weighted by atomic mass is 10.0. The van der Waals surface area contributed by atoms with Crippen molar-refractivity contribution in [2.75, 3.05) is 0 Å². The van der Waals surface area contributed by atoms with Gasteiger partial charge in [0.25, 0.3) is 6.08 Å². The lowest BCUT2D eigenvalue weighted by Crippen LogP contribution is -1.93. The van der Waals surface area contributed by atoms with Gasteiger partial charge in [-0.2, -0.15) is 8.78 Å². The van der Waals surface area contributed by atoms with E-state index in [0.717, 1.165) is 6.42 Å². The van der Waals surface area contributed by atoms with Crippen LogP contribution in [-0.2, 0) is 0 Å². The highest BCUT2D eigenvalue weighted by Crippen LogP contribution is 2.18. The van der Waals surface area contributed by atoms with Gasteiger partial charge in [0, 0.05) is 0 Å². The highest BCUT2D eigenvalue weighted by Gasteiger charge is 2.06. The predicted molar refractivity (Wildman–Crippen MR) is 34.4 cm³/mol. The Hall–Kier alpha value is -0.400. The van der Waals surface area contributed by atoms with E-state index in [4.69, 9.17) is 0 Å². The van der Waals surface area contributed by atoms with Crippen LogP contribution in [0.15, 0.2) is 11.7 Å². The summed E-state index contributed by atoms with van der Waals surface area (Å²) >= 11 is 0. The van der Waals surface area contributed by atoms with Gasteiger partial charge in [-0.3, -0.25) is 0 Å². The van der Waals surface area contributed by atoms with Crippen LogP contribution in [0.25, 0.3) is 0 Å². The molecule has 0 aliphatic rings. The average molecular weight is 134 g/mol. The molecule has 54 valence electrons. The summed E-state index contributed by atoms with van der Waals surface area (Å²) in [6.45, 7) is 5.18. The zero-order chi connectivity index (χ0) is 7.44. The molecular formula is C7H12F2. The van der Waals surface area contributed by atoms with E-state index in [-0.39, 0.29) is 11.5 Å². The van der Waals surface area contributed by atoms with Crippen molar-refractivity contribution in [3.63, 3.8) is 0 Å². The monoisotopic (exact) mass is 134 g/mol. The van der Waals surface area contributed by atoms with Crippen LogP contribution < -0.4 is 0 Å². The molecule has 9 heavy (non-hydrogen) atoms. The Labute approximate surface area is 54.6 Å². The SMILES string of the molecule is CCC(C)C(C)=C(F)F. The van der Waals surface area contributed by atoms with E-state index in [1.54, 1.807) is 6.92 Å². The molecule has 1 atom stereocenters. The summed E-state index contributed by atoms with van der Waals surface area (Å²) < 4.78 is 23.5. The molecule has 0 N–H and O–H groups in total. The van der Waals surface area contributed by atoms with Gasteiger partial charge in [-0.1, -0.05) is 13.8 Å². The van der Waals surface area contributed by atoms with Gasteiger partial charge >= 0.3 is 0 Å². The van der Waals surface area contributed by atoms with E-state index < -0.39 is 6.08 Å². The molecule has 0 fully saturated rings. The zero-order valence-electron chi connectivity index (χ0n) is 6.04. The topological polar surface area (TPSA) is 0 Å². The Morgan fingerprint density at radius 3 is 2.00 bits per heavy atom. The molecule has 0 heterocycles. The van der Waals surface area contributed by atoms with Gasteiger partial charge in [0.15, 0.2) is 0 Å². The second-order valence-corrected chi connectivity index (χ2v) is 2.25. The van der Waals surface area contributed by atoms with Crippen molar-refractivity contribution in [1.82, 2.24) is 0 Å². The van der Waals surface area contributed by atoms with E-state index in [1.807, 2.05) is 6.92 Å². The first-order chi connectivity index (χ1) is 4.09. The molecule has 1 unspecified atom stereocenters. The van der Waals surface area contributed by atoms with Gasteiger partial charge < -0.3 is 0 Å². The molecule has 0 radical (unpaired) electrons. The predicted octanol–water partition coefficient (Wildman–Crippen LogP) is 3.20. The third kappa shape index (κ3) is 2.59. The number of halogens is 2. The summed E-state index contributed by atoms with van der Waals surface area (Å²) in [5.41, 5.74) is 0.220. The van der Waals surface area contributed by atoms with E-state index in [1.165, 1.54) is 6.92 Å². The fraction of sp³-hybridized carbons (Fsp3) is 0.714. The van der Waals surface area contributed by atoms with Gasteiger partial charge in [0.05, 0.1) is 0 Å². The van der Waals surface area contributed by atoms with Crippen LogP contribution in [0.5, 0.6) is 0 Å². The Morgan fingerprint density at radius 2 is 1.89 bits per heavy atom. The molecule has 2 heteroatoms. The Kier molecular flexibility index (Phi) is 3.43. The summed E-state index contributed by atoms with van der Waals surface area (Å²) in [5.74, 6) is 0.0231. The Morgan fingerprint density at radius 1 is 1.44 bits per heavy atom. The third-order valence-corrected chi connectivity index (χ3v) is 1.65. The standard InChI is InChI=1S/C7H12F2/c1-4-5(2)6(3)7(8)9/h5H,4H2,1-3H3. The van der Waals surface area contributed by atoms with Crippen LogP contribution in [0, 0.1) is 5.92 Å². The molecule has 0 aliphatic heterocycles. The molecule has 0 rings (SSSR count). The van der Waals surface area contributed by atoms with E-state index in [9.17, 15) is 8.78 Å². The lowest BCUT2D eigenvalue weighted by molar-refractivity contribution is 0.396. The molecule has 0 aromatic carbocycles. The van der Waals surface area contributed by atoms with Crippen LogP contribution >= 0.6 is 0 Å². The van der Waals surface area contributed by atoms with Crippen LogP contribution in [0.1, 0.15) is 27.2 Å². The van der Waals surface area contributed by atoms with Crippen molar-refractivity contribution in [2.45, 2.75) is 27.2 Å². The second kappa shape index (κ2) is 3.59. The van der Waals surface area contributed by atoms with Gasteiger partial charge in [-0.25, -0.2) is 0 Å². The number of hydrogen-bond donors (Lipinski definition) is 0. The summed E-state index contributed by atoms with van der Waals surface area (Å²) in [7, 11) is 0. The summed E-state index contributed by atoms with van der Waals surface area (Å²) in [4.78, 5) is 0. The minimum Gasteiger partial charge on any atom is -0.173 e. The molecule has 0 saturated carbocycles. The largest absolute Gasteiger partial charge is 0.269 e. The average Bonchev–Trinajstić information content (AvgIpc) is 1.84.